The second-order valence-electron chi connectivity index (χ2n) is 4.63. The van der Waals surface area contributed by atoms with Gasteiger partial charge in [0.05, 0.1) is 0 Å². The molecular weight excluding hydrogens is 268 g/mol. The van der Waals surface area contributed by atoms with Crippen molar-refractivity contribution in [3.8, 4) is 0 Å². The van der Waals surface area contributed by atoms with E-state index < -0.39 is 35.9 Å². The number of rotatable bonds is 8. The fourth-order valence-electron chi connectivity index (χ4n) is 1.49. The lowest BCUT2D eigenvalue weighted by atomic mass is 10.0. The summed E-state index contributed by atoms with van der Waals surface area (Å²) in [5.74, 6) is -2.92. The molecule has 0 aliphatic carbocycles. The van der Waals surface area contributed by atoms with Crippen molar-refractivity contribution in [1.29, 1.82) is 0 Å². The summed E-state index contributed by atoms with van der Waals surface area (Å²) in [6.07, 6.45) is -0.301. The summed E-state index contributed by atoms with van der Waals surface area (Å²) < 4.78 is 0. The van der Waals surface area contributed by atoms with E-state index in [4.69, 9.17) is 16.6 Å². The predicted molar refractivity (Wildman–Crippen MR) is 69.3 cm³/mol. The molecule has 0 aromatic heterocycles. The number of carbonyl (C=O) groups excluding carboxylic acids is 3. The molecule has 0 rings (SSSR count). The molecule has 0 aromatic rings. The fourth-order valence-corrected chi connectivity index (χ4v) is 1.49. The highest BCUT2D eigenvalue weighted by Crippen LogP contribution is 2.04. The second kappa shape index (κ2) is 7.97. The fraction of sp³-hybridized carbons (Fsp3) is 0.636. The van der Waals surface area contributed by atoms with Crippen LogP contribution in [-0.4, -0.2) is 41.0 Å². The van der Waals surface area contributed by atoms with Crippen LogP contribution in [0.3, 0.4) is 0 Å². The highest BCUT2D eigenvalue weighted by molar-refractivity contribution is 5.90. The van der Waals surface area contributed by atoms with Crippen molar-refractivity contribution in [2.45, 2.75) is 38.8 Å². The van der Waals surface area contributed by atoms with Crippen molar-refractivity contribution in [2.24, 2.45) is 17.4 Å². The van der Waals surface area contributed by atoms with Gasteiger partial charge in [-0.2, -0.15) is 0 Å². The summed E-state index contributed by atoms with van der Waals surface area (Å²) in [4.78, 5) is 44.4. The van der Waals surface area contributed by atoms with Crippen molar-refractivity contribution in [3.05, 3.63) is 0 Å². The molecule has 0 aliphatic rings. The molecule has 2 atom stereocenters. The number of carboxylic acids is 1. The molecule has 0 radical (unpaired) electrons. The van der Waals surface area contributed by atoms with Crippen LogP contribution in [0.15, 0.2) is 0 Å². The second-order valence-corrected chi connectivity index (χ2v) is 4.63. The van der Waals surface area contributed by atoms with E-state index in [2.05, 4.69) is 10.6 Å². The molecule has 0 fully saturated rings. The SMILES string of the molecule is CC(C)C(NC(N)=O)C(=O)N[C@@H](CCC(N)=O)C(=O)O. The lowest BCUT2D eigenvalue weighted by Gasteiger charge is -2.23. The Bertz CT molecular complexity index is 396. The van der Waals surface area contributed by atoms with E-state index in [1.807, 2.05) is 0 Å². The Balaban J connectivity index is 4.74. The van der Waals surface area contributed by atoms with Crippen molar-refractivity contribution in [1.82, 2.24) is 10.6 Å². The number of hydrogen-bond acceptors (Lipinski definition) is 4. The van der Waals surface area contributed by atoms with Gasteiger partial charge in [0.15, 0.2) is 0 Å². The molecule has 0 spiro atoms. The van der Waals surface area contributed by atoms with Crippen LogP contribution in [-0.2, 0) is 14.4 Å². The standard InChI is InChI=1S/C11H20N4O5/c1-5(2)8(15-11(13)20)9(17)14-6(10(18)19)3-4-7(12)16/h5-6,8H,3-4H2,1-2H3,(H2,12,16)(H,14,17)(H,18,19)(H3,13,15,20)/t6-,8?/m0/s1. The average Bonchev–Trinajstić information content (AvgIpc) is 2.29. The monoisotopic (exact) mass is 288 g/mol. The van der Waals surface area contributed by atoms with Crippen LogP contribution in [0.2, 0.25) is 0 Å². The minimum atomic E-state index is -1.29. The van der Waals surface area contributed by atoms with Gasteiger partial charge in [0.2, 0.25) is 11.8 Å². The van der Waals surface area contributed by atoms with Gasteiger partial charge >= 0.3 is 12.0 Å². The molecule has 20 heavy (non-hydrogen) atoms. The van der Waals surface area contributed by atoms with E-state index in [9.17, 15) is 19.2 Å². The van der Waals surface area contributed by atoms with Gasteiger partial charge in [-0.05, 0) is 12.3 Å². The Morgan fingerprint density at radius 1 is 1.10 bits per heavy atom. The number of nitrogens with one attached hydrogen (secondary N) is 2. The molecule has 9 heteroatoms. The maximum absolute atomic E-state index is 11.9. The van der Waals surface area contributed by atoms with E-state index in [1.165, 1.54) is 0 Å². The van der Waals surface area contributed by atoms with Crippen LogP contribution in [0.5, 0.6) is 0 Å². The normalized spacial score (nSPS) is 13.3. The largest absolute Gasteiger partial charge is 0.480 e. The van der Waals surface area contributed by atoms with E-state index in [0.29, 0.717) is 0 Å². The van der Waals surface area contributed by atoms with Gasteiger partial charge in [-0.3, -0.25) is 9.59 Å². The van der Waals surface area contributed by atoms with E-state index in [1.54, 1.807) is 13.8 Å². The summed E-state index contributed by atoms with van der Waals surface area (Å²) in [6, 6.07) is -3.10. The third-order valence-corrected chi connectivity index (χ3v) is 2.54. The smallest absolute Gasteiger partial charge is 0.326 e. The number of carboxylic acid groups (broad SMARTS) is 1. The van der Waals surface area contributed by atoms with Crippen LogP contribution in [0, 0.1) is 5.92 Å². The maximum Gasteiger partial charge on any atom is 0.326 e. The molecule has 0 saturated carbocycles. The van der Waals surface area contributed by atoms with Crippen LogP contribution >= 0.6 is 0 Å². The lowest BCUT2D eigenvalue weighted by molar-refractivity contribution is -0.142. The zero-order chi connectivity index (χ0) is 15.9. The lowest BCUT2D eigenvalue weighted by Crippen LogP contribution is -2.54. The maximum atomic E-state index is 11.9. The van der Waals surface area contributed by atoms with Crippen LogP contribution in [0.4, 0.5) is 4.79 Å². The van der Waals surface area contributed by atoms with Crippen molar-refractivity contribution < 1.29 is 24.3 Å². The van der Waals surface area contributed by atoms with E-state index in [-0.39, 0.29) is 18.8 Å². The van der Waals surface area contributed by atoms with E-state index in [0.717, 1.165) is 0 Å². The van der Waals surface area contributed by atoms with E-state index >= 15 is 0 Å². The van der Waals surface area contributed by atoms with Crippen LogP contribution in [0.1, 0.15) is 26.7 Å². The van der Waals surface area contributed by atoms with Crippen LogP contribution in [0.25, 0.3) is 0 Å². The first kappa shape index (κ1) is 17.7. The van der Waals surface area contributed by atoms with Gasteiger partial charge in [0.1, 0.15) is 12.1 Å². The summed E-state index contributed by atoms with van der Waals surface area (Å²) in [7, 11) is 0. The molecule has 0 aromatic carbocycles. The Labute approximate surface area is 116 Å². The highest BCUT2D eigenvalue weighted by atomic mass is 16.4. The van der Waals surface area contributed by atoms with Crippen molar-refractivity contribution in [3.63, 3.8) is 0 Å². The Kier molecular flexibility index (Phi) is 7.05. The molecular formula is C11H20N4O5. The first-order valence-corrected chi connectivity index (χ1v) is 6.02. The molecule has 9 nitrogen and oxygen atoms in total. The topological polar surface area (TPSA) is 165 Å². The number of urea groups is 1. The number of primary amides is 2. The van der Waals surface area contributed by atoms with Gasteiger partial charge in [-0.15, -0.1) is 0 Å². The Hall–Kier alpha value is -2.32. The highest BCUT2D eigenvalue weighted by Gasteiger charge is 2.28. The molecule has 0 heterocycles. The van der Waals surface area contributed by atoms with Gasteiger partial charge in [0, 0.05) is 6.42 Å². The third-order valence-electron chi connectivity index (χ3n) is 2.54. The number of nitrogens with two attached hydrogens (primary N) is 2. The summed E-state index contributed by atoms with van der Waals surface area (Å²) in [6.45, 7) is 3.33. The Morgan fingerprint density at radius 3 is 2.00 bits per heavy atom. The van der Waals surface area contributed by atoms with Gasteiger partial charge < -0.3 is 27.2 Å². The number of amides is 4. The molecule has 1 unspecified atom stereocenters. The number of aliphatic carboxylic acids is 1. The van der Waals surface area contributed by atoms with Gasteiger partial charge in [-0.25, -0.2) is 9.59 Å². The predicted octanol–water partition coefficient (Wildman–Crippen LogP) is -1.49. The minimum absolute atomic E-state index is 0.127. The van der Waals surface area contributed by atoms with Crippen LogP contribution < -0.4 is 22.1 Å². The van der Waals surface area contributed by atoms with Crippen molar-refractivity contribution in [2.75, 3.05) is 0 Å². The first-order valence-electron chi connectivity index (χ1n) is 6.02. The quantitative estimate of drug-likeness (QED) is 0.366. The molecule has 114 valence electrons. The van der Waals surface area contributed by atoms with Gasteiger partial charge in [0.25, 0.3) is 0 Å². The number of hydrogen-bond donors (Lipinski definition) is 5. The summed E-state index contributed by atoms with van der Waals surface area (Å²) in [5, 5.41) is 13.4. The average molecular weight is 288 g/mol. The van der Waals surface area contributed by atoms with Crippen molar-refractivity contribution >= 4 is 23.8 Å². The number of carbonyl (C=O) groups is 4. The Morgan fingerprint density at radius 2 is 1.65 bits per heavy atom. The zero-order valence-electron chi connectivity index (χ0n) is 11.4. The first-order chi connectivity index (χ1) is 9.15. The van der Waals surface area contributed by atoms with Gasteiger partial charge in [-0.1, -0.05) is 13.8 Å². The molecule has 7 N–H and O–H groups in total. The summed E-state index contributed by atoms with van der Waals surface area (Å²) >= 11 is 0. The molecule has 0 bridgehead atoms. The minimum Gasteiger partial charge on any atom is -0.480 e. The summed E-state index contributed by atoms with van der Waals surface area (Å²) in [5.41, 5.74) is 9.88. The molecule has 0 saturated heterocycles. The zero-order valence-corrected chi connectivity index (χ0v) is 11.4. The third kappa shape index (κ3) is 6.57. The molecule has 0 aliphatic heterocycles. The molecule has 4 amide bonds.